The summed E-state index contributed by atoms with van der Waals surface area (Å²) in [6.45, 7) is 8.75. The molecule has 160 valence electrons. The number of benzene rings is 1. The molecule has 5 nitrogen and oxygen atoms in total. The number of rotatable bonds is 5. The van der Waals surface area contributed by atoms with Gasteiger partial charge in [0.2, 0.25) is 0 Å². The van der Waals surface area contributed by atoms with Gasteiger partial charge in [-0.25, -0.2) is 0 Å². The minimum absolute atomic E-state index is 0.631. The van der Waals surface area contributed by atoms with Crippen molar-refractivity contribution in [2.75, 3.05) is 0 Å². The van der Waals surface area contributed by atoms with Crippen LogP contribution in [0, 0.1) is 12.8 Å². The fourth-order valence-electron chi connectivity index (χ4n) is 4.17. The Morgan fingerprint density at radius 3 is 2.69 bits per heavy atom. The molecular weight excluding hydrogens is 394 g/mol. The first kappa shape index (κ1) is 20.2. The molecule has 2 N–H and O–H groups in total. The first-order valence-corrected chi connectivity index (χ1v) is 11.0. The maximum absolute atomic E-state index is 4.65. The molecule has 0 aliphatic carbocycles. The third-order valence-corrected chi connectivity index (χ3v) is 6.03. The minimum atomic E-state index is 0.631. The number of pyridine rings is 2. The number of hydrogen-bond acceptors (Lipinski definition) is 3. The van der Waals surface area contributed by atoms with Crippen molar-refractivity contribution in [2.24, 2.45) is 5.92 Å². The predicted molar refractivity (Wildman–Crippen MR) is 132 cm³/mol. The zero-order valence-electron chi connectivity index (χ0n) is 18.9. The van der Waals surface area contributed by atoms with Gasteiger partial charge in [0.15, 0.2) is 0 Å². The van der Waals surface area contributed by atoms with Gasteiger partial charge >= 0.3 is 0 Å². The van der Waals surface area contributed by atoms with Crippen molar-refractivity contribution >= 4 is 27.4 Å². The monoisotopic (exact) mass is 421 g/mol. The topological polar surface area (TPSA) is 70.2 Å². The average molecular weight is 422 g/mol. The van der Waals surface area contributed by atoms with E-state index in [1.807, 2.05) is 30.9 Å². The molecular formula is C27H27N5. The zero-order chi connectivity index (χ0) is 22.2. The van der Waals surface area contributed by atoms with Crippen LogP contribution in [0.1, 0.15) is 38.3 Å². The average Bonchev–Trinajstić information content (AvgIpc) is 3.41. The molecule has 0 spiro atoms. The Hall–Kier alpha value is -3.73. The zero-order valence-corrected chi connectivity index (χ0v) is 18.9. The molecule has 0 unspecified atom stereocenters. The lowest BCUT2D eigenvalue weighted by Gasteiger charge is -2.05. The summed E-state index contributed by atoms with van der Waals surface area (Å²) in [6.07, 6.45) is 11.0. The molecule has 0 amide bonds. The number of nitrogens with one attached hydrogen (secondary N) is 2. The largest absolute Gasteiger partial charge is 0.352 e. The fourth-order valence-corrected chi connectivity index (χ4v) is 4.17. The van der Waals surface area contributed by atoms with Crippen molar-refractivity contribution in [1.29, 1.82) is 0 Å². The molecule has 0 aliphatic rings. The Morgan fingerprint density at radius 2 is 1.88 bits per heavy atom. The third kappa shape index (κ3) is 3.60. The summed E-state index contributed by atoms with van der Waals surface area (Å²) in [5.41, 5.74) is 9.81. The maximum atomic E-state index is 4.65. The molecule has 0 saturated carbocycles. The molecule has 5 heteroatoms. The summed E-state index contributed by atoms with van der Waals surface area (Å²) >= 11 is 0. The van der Waals surface area contributed by atoms with Gasteiger partial charge in [-0.15, -0.1) is 0 Å². The van der Waals surface area contributed by atoms with Crippen LogP contribution in [0.25, 0.3) is 49.9 Å². The second-order valence-electron chi connectivity index (χ2n) is 8.87. The molecule has 0 saturated heterocycles. The first-order valence-electron chi connectivity index (χ1n) is 11.0. The van der Waals surface area contributed by atoms with E-state index in [1.165, 1.54) is 16.5 Å². The number of aromatic amines is 2. The quantitative estimate of drug-likeness (QED) is 0.323. The Balaban J connectivity index is 1.62. The second kappa shape index (κ2) is 8.08. The highest BCUT2D eigenvalue weighted by Crippen LogP contribution is 2.34. The Bertz CT molecular complexity index is 1450. The van der Waals surface area contributed by atoms with Crippen molar-refractivity contribution in [3.63, 3.8) is 0 Å². The summed E-state index contributed by atoms with van der Waals surface area (Å²) in [5, 5.41) is 10.1. The standard InChI is InChI=1S/C27H27N5/c1-16(2)5-6-17(3)23-14-29-15-26-20(23)12-25(30-26)27-21-11-19(7-8-24(21)31-32-27)22-13-28-10-9-18(22)4/h6-16,30H,5H2,1-4H3,(H,31,32)/b17-6+. The number of fused-ring (bicyclic) bond motifs is 2. The van der Waals surface area contributed by atoms with Crippen LogP contribution < -0.4 is 0 Å². The van der Waals surface area contributed by atoms with E-state index >= 15 is 0 Å². The minimum Gasteiger partial charge on any atom is -0.352 e. The van der Waals surface area contributed by atoms with E-state index in [1.54, 1.807) is 0 Å². The lowest BCUT2D eigenvalue weighted by molar-refractivity contribution is 0.664. The van der Waals surface area contributed by atoms with Gasteiger partial charge in [0.25, 0.3) is 0 Å². The predicted octanol–water partition coefficient (Wildman–Crippen LogP) is 6.93. The van der Waals surface area contributed by atoms with Gasteiger partial charge in [0, 0.05) is 40.5 Å². The summed E-state index contributed by atoms with van der Waals surface area (Å²) in [7, 11) is 0. The lowest BCUT2D eigenvalue weighted by Crippen LogP contribution is -1.87. The fraction of sp³-hybridized carbons (Fsp3) is 0.222. The first-order chi connectivity index (χ1) is 15.5. The molecule has 4 heterocycles. The highest BCUT2D eigenvalue weighted by atomic mass is 15.1. The smallest absolute Gasteiger partial charge is 0.116 e. The Morgan fingerprint density at radius 1 is 1.00 bits per heavy atom. The van der Waals surface area contributed by atoms with E-state index in [2.05, 4.69) is 83.2 Å². The van der Waals surface area contributed by atoms with Crippen molar-refractivity contribution in [3.8, 4) is 22.5 Å². The SMILES string of the molecule is C/C(=C\CC(C)C)c1cncc2[nH]c(-c3n[nH]c4ccc(-c5cnccc5C)cc34)cc12. The van der Waals surface area contributed by atoms with Crippen LogP contribution in [-0.4, -0.2) is 25.1 Å². The number of hydrogen-bond donors (Lipinski definition) is 2. The molecule has 0 fully saturated rings. The maximum Gasteiger partial charge on any atom is 0.116 e. The molecule has 0 aliphatic heterocycles. The summed E-state index contributed by atoms with van der Waals surface area (Å²) in [5.74, 6) is 0.631. The van der Waals surface area contributed by atoms with Crippen LogP contribution in [0.2, 0.25) is 0 Å². The summed E-state index contributed by atoms with van der Waals surface area (Å²) < 4.78 is 0. The number of aromatic nitrogens is 5. The number of allylic oxidation sites excluding steroid dienone is 2. The van der Waals surface area contributed by atoms with Crippen LogP contribution in [0.3, 0.4) is 0 Å². The van der Waals surface area contributed by atoms with Crippen LogP contribution in [0.4, 0.5) is 0 Å². The van der Waals surface area contributed by atoms with Crippen molar-refractivity contribution in [1.82, 2.24) is 25.1 Å². The van der Waals surface area contributed by atoms with Gasteiger partial charge in [-0.3, -0.25) is 15.1 Å². The summed E-state index contributed by atoms with van der Waals surface area (Å²) in [6, 6.07) is 10.6. The molecule has 1 aromatic carbocycles. The van der Waals surface area contributed by atoms with Gasteiger partial charge in [0.05, 0.1) is 22.9 Å². The van der Waals surface area contributed by atoms with E-state index in [4.69, 9.17) is 0 Å². The molecule has 5 rings (SSSR count). The normalized spacial score (nSPS) is 12.3. The molecule has 0 radical (unpaired) electrons. The highest BCUT2D eigenvalue weighted by molar-refractivity contribution is 6.00. The third-order valence-electron chi connectivity index (χ3n) is 6.03. The van der Waals surface area contributed by atoms with Gasteiger partial charge in [0.1, 0.15) is 5.69 Å². The van der Waals surface area contributed by atoms with Gasteiger partial charge in [-0.05, 0) is 67.2 Å². The van der Waals surface area contributed by atoms with Crippen molar-refractivity contribution in [2.45, 2.75) is 34.1 Å². The molecule has 4 aromatic heterocycles. The van der Waals surface area contributed by atoms with E-state index in [0.29, 0.717) is 5.92 Å². The van der Waals surface area contributed by atoms with Crippen molar-refractivity contribution < 1.29 is 0 Å². The Kier molecular flexibility index (Phi) is 5.10. The van der Waals surface area contributed by atoms with E-state index in [-0.39, 0.29) is 0 Å². The molecule has 0 atom stereocenters. The van der Waals surface area contributed by atoms with Gasteiger partial charge < -0.3 is 4.98 Å². The molecule has 32 heavy (non-hydrogen) atoms. The van der Waals surface area contributed by atoms with Crippen molar-refractivity contribution in [3.05, 3.63) is 72.3 Å². The molecule has 0 bridgehead atoms. The Labute approximate surface area is 187 Å². The molecule has 5 aromatic rings. The van der Waals surface area contributed by atoms with Crippen LogP contribution in [0.15, 0.2) is 61.2 Å². The van der Waals surface area contributed by atoms with Crippen LogP contribution >= 0.6 is 0 Å². The van der Waals surface area contributed by atoms with E-state index in [9.17, 15) is 0 Å². The summed E-state index contributed by atoms with van der Waals surface area (Å²) in [4.78, 5) is 12.3. The van der Waals surface area contributed by atoms with Crippen LogP contribution in [0.5, 0.6) is 0 Å². The second-order valence-corrected chi connectivity index (χ2v) is 8.87. The van der Waals surface area contributed by atoms with Gasteiger partial charge in [-0.1, -0.05) is 26.0 Å². The number of H-pyrrole nitrogens is 2. The number of nitrogens with zero attached hydrogens (tertiary/aromatic N) is 3. The van der Waals surface area contributed by atoms with Gasteiger partial charge in [-0.2, -0.15) is 5.10 Å². The van der Waals surface area contributed by atoms with E-state index in [0.717, 1.165) is 50.9 Å². The lowest BCUT2D eigenvalue weighted by atomic mass is 10.00. The van der Waals surface area contributed by atoms with E-state index < -0.39 is 0 Å². The number of aryl methyl sites for hydroxylation is 1. The van der Waals surface area contributed by atoms with Crippen LogP contribution in [-0.2, 0) is 0 Å². The highest BCUT2D eigenvalue weighted by Gasteiger charge is 2.15.